The van der Waals surface area contributed by atoms with Gasteiger partial charge in [0, 0.05) is 6.07 Å². The molecule has 21 heavy (non-hydrogen) atoms. The zero-order chi connectivity index (χ0) is 14.7. The van der Waals surface area contributed by atoms with Gasteiger partial charge in [0.25, 0.3) is 5.91 Å². The summed E-state index contributed by atoms with van der Waals surface area (Å²) in [6.45, 7) is 2.02. The van der Waals surface area contributed by atoms with E-state index < -0.39 is 5.91 Å². The van der Waals surface area contributed by atoms with Gasteiger partial charge in [0.05, 0.1) is 12.6 Å². The van der Waals surface area contributed by atoms with Crippen LogP contribution in [0.5, 0.6) is 0 Å². The van der Waals surface area contributed by atoms with E-state index in [4.69, 9.17) is 8.94 Å². The minimum absolute atomic E-state index is 0.0264. The third-order valence-corrected chi connectivity index (χ3v) is 2.82. The number of nitrogens with one attached hydrogen (secondary N) is 1. The number of hydrogen-bond acceptors (Lipinski definition) is 6. The second-order valence-electron chi connectivity index (χ2n) is 4.49. The lowest BCUT2D eigenvalue weighted by molar-refractivity contribution is 0.0985. The molecule has 3 rings (SSSR count). The van der Waals surface area contributed by atoms with Gasteiger partial charge in [-0.25, -0.2) is 0 Å². The van der Waals surface area contributed by atoms with Crippen molar-refractivity contribution in [1.29, 1.82) is 0 Å². The van der Waals surface area contributed by atoms with Gasteiger partial charge >= 0.3 is 6.01 Å². The number of carbonyl (C=O) groups excluding carboxylic acids is 1. The van der Waals surface area contributed by atoms with E-state index in [2.05, 4.69) is 20.7 Å². The van der Waals surface area contributed by atoms with Gasteiger partial charge in [-0.2, -0.15) is 0 Å². The summed E-state index contributed by atoms with van der Waals surface area (Å²) in [5, 5.41) is 13.6. The molecule has 7 heteroatoms. The van der Waals surface area contributed by atoms with Crippen molar-refractivity contribution < 1.29 is 13.7 Å². The summed E-state index contributed by atoms with van der Waals surface area (Å²) < 4.78 is 10.1. The number of aromatic nitrogens is 3. The van der Waals surface area contributed by atoms with E-state index >= 15 is 0 Å². The molecule has 1 aromatic carbocycles. The van der Waals surface area contributed by atoms with Crippen LogP contribution in [0.25, 0.3) is 0 Å². The fourth-order valence-corrected chi connectivity index (χ4v) is 1.75. The molecule has 0 spiro atoms. The number of benzene rings is 1. The lowest BCUT2D eigenvalue weighted by Gasteiger charge is -1.98. The molecule has 106 valence electrons. The second-order valence-corrected chi connectivity index (χ2v) is 4.49. The Morgan fingerprint density at radius 3 is 2.71 bits per heavy atom. The first-order valence-corrected chi connectivity index (χ1v) is 6.30. The van der Waals surface area contributed by atoms with Crippen LogP contribution in [0.2, 0.25) is 0 Å². The van der Waals surface area contributed by atoms with E-state index in [1.807, 2.05) is 31.2 Å². The average Bonchev–Trinajstić information content (AvgIpc) is 3.13. The fourth-order valence-electron chi connectivity index (χ4n) is 1.75. The first-order chi connectivity index (χ1) is 10.2. The number of anilines is 1. The molecular weight excluding hydrogens is 272 g/mol. The quantitative estimate of drug-likeness (QED) is 0.789. The first kappa shape index (κ1) is 13.0. The Balaban J connectivity index is 1.66. The third kappa shape index (κ3) is 3.14. The summed E-state index contributed by atoms with van der Waals surface area (Å²) in [5.41, 5.74) is 2.24. The first-order valence-electron chi connectivity index (χ1n) is 6.30. The predicted octanol–water partition coefficient (Wildman–Crippen LogP) is 2.21. The van der Waals surface area contributed by atoms with Crippen molar-refractivity contribution >= 4 is 11.9 Å². The Kier molecular flexibility index (Phi) is 3.46. The van der Waals surface area contributed by atoms with Gasteiger partial charge in [-0.05, 0) is 12.5 Å². The summed E-state index contributed by atoms with van der Waals surface area (Å²) in [6.07, 6.45) is 1.89. The van der Waals surface area contributed by atoms with Crippen LogP contribution in [-0.4, -0.2) is 21.3 Å². The number of aryl methyl sites for hydroxylation is 1. The highest BCUT2D eigenvalue weighted by Crippen LogP contribution is 2.13. The van der Waals surface area contributed by atoms with E-state index in [0.717, 1.165) is 5.56 Å². The van der Waals surface area contributed by atoms with E-state index in [0.29, 0.717) is 12.3 Å². The van der Waals surface area contributed by atoms with Crippen molar-refractivity contribution in [3.63, 3.8) is 0 Å². The molecule has 0 aliphatic carbocycles. The third-order valence-electron chi connectivity index (χ3n) is 2.82. The second kappa shape index (κ2) is 5.58. The van der Waals surface area contributed by atoms with E-state index in [1.165, 1.54) is 17.8 Å². The Bertz CT molecular complexity index is 732. The molecule has 0 radical (unpaired) electrons. The van der Waals surface area contributed by atoms with Crippen molar-refractivity contribution in [3.8, 4) is 0 Å². The van der Waals surface area contributed by atoms with Crippen LogP contribution in [0, 0.1) is 6.92 Å². The van der Waals surface area contributed by atoms with E-state index in [9.17, 15) is 4.79 Å². The molecule has 1 N–H and O–H groups in total. The summed E-state index contributed by atoms with van der Waals surface area (Å²) in [5.74, 6) is 0.0121. The van der Waals surface area contributed by atoms with E-state index in [-0.39, 0.29) is 11.8 Å². The minimum atomic E-state index is -0.488. The average molecular weight is 284 g/mol. The van der Waals surface area contributed by atoms with Crippen molar-refractivity contribution in [1.82, 2.24) is 15.4 Å². The molecule has 0 aliphatic rings. The normalized spacial score (nSPS) is 10.5. The van der Waals surface area contributed by atoms with Crippen molar-refractivity contribution in [3.05, 3.63) is 59.3 Å². The molecule has 0 saturated heterocycles. The fraction of sp³-hybridized carbons (Fsp3) is 0.143. The van der Waals surface area contributed by atoms with Gasteiger partial charge in [-0.3, -0.25) is 10.1 Å². The molecule has 0 unspecified atom stereocenters. The maximum absolute atomic E-state index is 11.7. The van der Waals surface area contributed by atoms with Crippen LogP contribution in [0.3, 0.4) is 0 Å². The summed E-state index contributed by atoms with van der Waals surface area (Å²) in [4.78, 5) is 11.7. The summed E-state index contributed by atoms with van der Waals surface area (Å²) in [6, 6.07) is 9.48. The molecule has 0 fully saturated rings. The molecule has 2 heterocycles. The van der Waals surface area contributed by atoms with Gasteiger partial charge in [0.2, 0.25) is 11.7 Å². The Hall–Kier alpha value is -2.96. The zero-order valence-electron chi connectivity index (χ0n) is 11.2. The van der Waals surface area contributed by atoms with Crippen molar-refractivity contribution in [2.45, 2.75) is 13.3 Å². The number of rotatable bonds is 4. The Morgan fingerprint density at radius 1 is 1.19 bits per heavy atom. The smallest absolute Gasteiger partial charge is 0.322 e. The maximum atomic E-state index is 11.7. The molecule has 0 atom stereocenters. The molecular formula is C14H12N4O3. The van der Waals surface area contributed by atoms with Gasteiger partial charge in [-0.1, -0.05) is 40.1 Å². The molecule has 2 aromatic heterocycles. The lowest BCUT2D eigenvalue weighted by Crippen LogP contribution is -2.11. The summed E-state index contributed by atoms with van der Waals surface area (Å²) in [7, 11) is 0. The zero-order valence-corrected chi connectivity index (χ0v) is 11.2. The molecule has 0 bridgehead atoms. The van der Waals surface area contributed by atoms with Crippen LogP contribution in [-0.2, 0) is 6.42 Å². The number of carbonyl (C=O) groups is 1. The highest BCUT2D eigenvalue weighted by Gasteiger charge is 2.14. The molecule has 7 nitrogen and oxygen atoms in total. The molecule has 1 amide bonds. The molecule has 0 saturated carbocycles. The van der Waals surface area contributed by atoms with Gasteiger partial charge in [0.1, 0.15) is 0 Å². The van der Waals surface area contributed by atoms with E-state index in [1.54, 1.807) is 0 Å². The number of nitrogens with zero attached hydrogens (tertiary/aromatic N) is 3. The Morgan fingerprint density at radius 2 is 2.00 bits per heavy atom. The van der Waals surface area contributed by atoms with Crippen LogP contribution in [0.15, 0.2) is 45.5 Å². The highest BCUT2D eigenvalue weighted by atomic mass is 16.5. The maximum Gasteiger partial charge on any atom is 0.322 e. The van der Waals surface area contributed by atoms with Crippen LogP contribution in [0.1, 0.15) is 27.6 Å². The SMILES string of the molecule is Cc1ccc(Cc2nnc(NC(=O)c3ccno3)o2)cc1. The predicted molar refractivity (Wildman–Crippen MR) is 72.7 cm³/mol. The number of amides is 1. The molecule has 3 aromatic rings. The largest absolute Gasteiger partial charge is 0.407 e. The van der Waals surface area contributed by atoms with Crippen LogP contribution >= 0.6 is 0 Å². The Labute approximate surface area is 120 Å². The van der Waals surface area contributed by atoms with Gasteiger partial charge in [0.15, 0.2) is 0 Å². The monoisotopic (exact) mass is 284 g/mol. The van der Waals surface area contributed by atoms with Crippen LogP contribution < -0.4 is 5.32 Å². The molecule has 0 aliphatic heterocycles. The summed E-state index contributed by atoms with van der Waals surface area (Å²) >= 11 is 0. The van der Waals surface area contributed by atoms with Crippen molar-refractivity contribution in [2.75, 3.05) is 5.32 Å². The standard InChI is InChI=1S/C14H12N4O3/c1-9-2-4-10(5-3-9)8-12-17-18-14(20-12)16-13(19)11-6-7-15-21-11/h2-7H,8H2,1H3,(H,16,18,19). The van der Waals surface area contributed by atoms with Gasteiger partial charge < -0.3 is 8.94 Å². The number of hydrogen-bond donors (Lipinski definition) is 1. The lowest BCUT2D eigenvalue weighted by atomic mass is 10.1. The van der Waals surface area contributed by atoms with Crippen LogP contribution in [0.4, 0.5) is 6.01 Å². The minimum Gasteiger partial charge on any atom is -0.407 e. The topological polar surface area (TPSA) is 94.1 Å². The highest BCUT2D eigenvalue weighted by molar-refractivity contribution is 6.00. The van der Waals surface area contributed by atoms with Gasteiger partial charge in [-0.15, -0.1) is 5.10 Å². The van der Waals surface area contributed by atoms with Crippen molar-refractivity contribution in [2.24, 2.45) is 0 Å².